The predicted molar refractivity (Wildman–Crippen MR) is 84.6 cm³/mol. The molecule has 114 valence electrons. The summed E-state index contributed by atoms with van der Waals surface area (Å²) in [6.07, 6.45) is 19.2. The minimum atomic E-state index is 0.637. The molecule has 0 radical (unpaired) electrons. The van der Waals surface area contributed by atoms with Crippen molar-refractivity contribution in [2.24, 2.45) is 5.92 Å². The zero-order valence-electron chi connectivity index (χ0n) is 13.5. The Bertz CT molecular complexity index is 186. The Morgan fingerprint density at radius 2 is 1.32 bits per heavy atom. The van der Waals surface area contributed by atoms with E-state index in [0.717, 1.165) is 12.5 Å². The molecule has 1 fully saturated rings. The van der Waals surface area contributed by atoms with Gasteiger partial charge in [-0.25, -0.2) is 0 Å². The molecule has 0 aromatic heterocycles. The van der Waals surface area contributed by atoms with Gasteiger partial charge in [-0.1, -0.05) is 84.5 Å². The van der Waals surface area contributed by atoms with Crippen LogP contribution in [0.3, 0.4) is 0 Å². The Kier molecular flexibility index (Phi) is 10.5. The summed E-state index contributed by atoms with van der Waals surface area (Å²) in [7, 11) is 0. The first kappa shape index (κ1) is 17.0. The third kappa shape index (κ3) is 10.4. The van der Waals surface area contributed by atoms with Gasteiger partial charge in [0.05, 0.1) is 12.7 Å². The molecule has 0 bridgehead atoms. The molecule has 1 heterocycles. The highest BCUT2D eigenvalue weighted by atomic mass is 16.6. The number of rotatable bonds is 14. The van der Waals surface area contributed by atoms with Crippen LogP contribution in [0.25, 0.3) is 0 Å². The van der Waals surface area contributed by atoms with Crippen LogP contribution in [-0.2, 0) is 4.74 Å². The molecule has 2 atom stereocenters. The van der Waals surface area contributed by atoms with Crippen molar-refractivity contribution in [3.05, 3.63) is 0 Å². The largest absolute Gasteiger partial charge is 0.373 e. The Hall–Kier alpha value is -0.0400. The van der Waals surface area contributed by atoms with Crippen LogP contribution >= 0.6 is 0 Å². The molecular weight excluding hydrogens is 232 g/mol. The molecule has 0 aromatic rings. The first-order valence-corrected chi connectivity index (χ1v) is 8.98. The van der Waals surface area contributed by atoms with Gasteiger partial charge < -0.3 is 4.74 Å². The van der Waals surface area contributed by atoms with Crippen LogP contribution in [0.4, 0.5) is 0 Å². The number of epoxide rings is 1. The molecule has 0 aromatic carbocycles. The lowest BCUT2D eigenvalue weighted by Gasteiger charge is -2.16. The highest BCUT2D eigenvalue weighted by molar-refractivity contribution is 4.71. The third-order valence-electron chi connectivity index (χ3n) is 4.48. The van der Waals surface area contributed by atoms with E-state index in [1.165, 1.54) is 83.5 Å². The molecule has 19 heavy (non-hydrogen) atoms. The molecule has 0 spiro atoms. The van der Waals surface area contributed by atoms with Crippen molar-refractivity contribution in [2.45, 2.75) is 103 Å². The van der Waals surface area contributed by atoms with Crippen molar-refractivity contribution < 1.29 is 4.74 Å². The van der Waals surface area contributed by atoms with Gasteiger partial charge in [-0.3, -0.25) is 0 Å². The minimum absolute atomic E-state index is 0.637. The zero-order valence-corrected chi connectivity index (χ0v) is 13.5. The zero-order chi connectivity index (χ0) is 13.8. The van der Waals surface area contributed by atoms with Crippen molar-refractivity contribution >= 4 is 0 Å². The lowest BCUT2D eigenvalue weighted by Crippen LogP contribution is -2.03. The van der Waals surface area contributed by atoms with E-state index in [-0.39, 0.29) is 0 Å². The average Bonchev–Trinajstić information content (AvgIpc) is 3.23. The quantitative estimate of drug-likeness (QED) is 0.273. The van der Waals surface area contributed by atoms with Gasteiger partial charge in [0.2, 0.25) is 0 Å². The van der Waals surface area contributed by atoms with E-state index in [9.17, 15) is 0 Å². The lowest BCUT2D eigenvalue weighted by atomic mass is 9.90. The van der Waals surface area contributed by atoms with E-state index >= 15 is 0 Å². The second-order valence-corrected chi connectivity index (χ2v) is 6.45. The molecular formula is C18H36O. The molecule has 0 N–H and O–H groups in total. The number of hydrogen-bond donors (Lipinski definition) is 0. The minimum Gasteiger partial charge on any atom is -0.373 e. The van der Waals surface area contributed by atoms with Crippen molar-refractivity contribution in [2.75, 3.05) is 6.61 Å². The summed E-state index contributed by atoms with van der Waals surface area (Å²) in [5.41, 5.74) is 0. The van der Waals surface area contributed by atoms with Gasteiger partial charge in [-0.2, -0.15) is 0 Å². The molecule has 1 aliphatic rings. The van der Waals surface area contributed by atoms with Gasteiger partial charge in [-0.15, -0.1) is 0 Å². The van der Waals surface area contributed by atoms with Crippen LogP contribution < -0.4 is 0 Å². The van der Waals surface area contributed by atoms with Gasteiger partial charge in [0.1, 0.15) is 0 Å². The summed E-state index contributed by atoms with van der Waals surface area (Å²) >= 11 is 0. The van der Waals surface area contributed by atoms with E-state index in [1.807, 2.05) is 0 Å². The molecule has 1 aliphatic heterocycles. The summed E-state index contributed by atoms with van der Waals surface area (Å²) in [6.45, 7) is 5.64. The number of unbranched alkanes of at least 4 members (excludes halogenated alkanes) is 7. The molecule has 1 nitrogen and oxygen atoms in total. The van der Waals surface area contributed by atoms with E-state index < -0.39 is 0 Å². The van der Waals surface area contributed by atoms with Crippen LogP contribution in [0.1, 0.15) is 97.3 Å². The molecule has 1 rings (SSSR count). The monoisotopic (exact) mass is 268 g/mol. The fourth-order valence-corrected chi connectivity index (χ4v) is 2.99. The molecule has 0 amide bonds. The van der Waals surface area contributed by atoms with Crippen molar-refractivity contribution in [1.29, 1.82) is 0 Å². The highest BCUT2D eigenvalue weighted by Gasteiger charge is 2.23. The van der Waals surface area contributed by atoms with Gasteiger partial charge in [0.25, 0.3) is 0 Å². The lowest BCUT2D eigenvalue weighted by molar-refractivity contribution is 0.334. The molecule has 2 unspecified atom stereocenters. The van der Waals surface area contributed by atoms with Crippen LogP contribution in [0.15, 0.2) is 0 Å². The van der Waals surface area contributed by atoms with Crippen LogP contribution in [0, 0.1) is 5.92 Å². The van der Waals surface area contributed by atoms with Crippen LogP contribution in [0.5, 0.6) is 0 Å². The predicted octanol–water partition coefficient (Wildman–Crippen LogP) is 6.11. The Morgan fingerprint density at radius 1 is 0.789 bits per heavy atom. The fraction of sp³-hybridized carbons (Fsp3) is 1.00. The van der Waals surface area contributed by atoms with Gasteiger partial charge in [0, 0.05) is 0 Å². The third-order valence-corrected chi connectivity index (χ3v) is 4.48. The van der Waals surface area contributed by atoms with E-state index in [2.05, 4.69) is 13.8 Å². The Morgan fingerprint density at radius 3 is 1.84 bits per heavy atom. The summed E-state index contributed by atoms with van der Waals surface area (Å²) in [5.74, 6) is 0.989. The summed E-state index contributed by atoms with van der Waals surface area (Å²) < 4.78 is 5.36. The second-order valence-electron chi connectivity index (χ2n) is 6.45. The van der Waals surface area contributed by atoms with Gasteiger partial charge in [-0.05, 0) is 18.8 Å². The Balaban J connectivity index is 2.03. The number of hydrogen-bond acceptors (Lipinski definition) is 1. The first-order chi connectivity index (χ1) is 9.36. The Labute approximate surface area is 121 Å². The standard InChI is InChI=1S/C18H36O/c1-3-5-7-9-11-13-17(12-10-8-6-4-2)14-15-18-16-19-18/h17-18H,3-16H2,1-2H3. The average molecular weight is 268 g/mol. The summed E-state index contributed by atoms with van der Waals surface area (Å²) in [5, 5.41) is 0. The van der Waals surface area contributed by atoms with Crippen molar-refractivity contribution in [1.82, 2.24) is 0 Å². The summed E-state index contributed by atoms with van der Waals surface area (Å²) in [4.78, 5) is 0. The molecule has 1 saturated heterocycles. The second kappa shape index (κ2) is 11.8. The molecule has 1 heteroatoms. The maximum Gasteiger partial charge on any atom is 0.0810 e. The van der Waals surface area contributed by atoms with Crippen molar-refractivity contribution in [3.8, 4) is 0 Å². The topological polar surface area (TPSA) is 12.5 Å². The highest BCUT2D eigenvalue weighted by Crippen LogP contribution is 2.26. The van der Waals surface area contributed by atoms with Gasteiger partial charge in [0.15, 0.2) is 0 Å². The smallest absolute Gasteiger partial charge is 0.0810 e. The molecule has 0 aliphatic carbocycles. The number of ether oxygens (including phenoxy) is 1. The van der Waals surface area contributed by atoms with E-state index in [1.54, 1.807) is 0 Å². The van der Waals surface area contributed by atoms with E-state index in [0.29, 0.717) is 6.10 Å². The molecule has 0 saturated carbocycles. The van der Waals surface area contributed by atoms with Crippen LogP contribution in [-0.4, -0.2) is 12.7 Å². The normalized spacial score (nSPS) is 19.6. The van der Waals surface area contributed by atoms with E-state index in [4.69, 9.17) is 4.74 Å². The first-order valence-electron chi connectivity index (χ1n) is 8.98. The van der Waals surface area contributed by atoms with Crippen LogP contribution in [0.2, 0.25) is 0 Å². The van der Waals surface area contributed by atoms with Gasteiger partial charge >= 0.3 is 0 Å². The maximum absolute atomic E-state index is 5.36. The van der Waals surface area contributed by atoms with Crippen molar-refractivity contribution in [3.63, 3.8) is 0 Å². The summed E-state index contributed by atoms with van der Waals surface area (Å²) in [6, 6.07) is 0. The maximum atomic E-state index is 5.36. The fourth-order valence-electron chi connectivity index (χ4n) is 2.99. The SMILES string of the molecule is CCCCCCCC(CCCCCC)CCC1CO1.